The zero-order chi connectivity index (χ0) is 22.3. The Morgan fingerprint density at radius 2 is 1.09 bits per heavy atom. The van der Waals surface area contributed by atoms with Crippen LogP contribution in [0.4, 0.5) is 0 Å². The van der Waals surface area contributed by atoms with Crippen molar-refractivity contribution in [3.8, 4) is 5.75 Å². The van der Waals surface area contributed by atoms with Gasteiger partial charge in [-0.25, -0.2) is 0 Å². The summed E-state index contributed by atoms with van der Waals surface area (Å²) >= 11 is 0. The van der Waals surface area contributed by atoms with Crippen molar-refractivity contribution >= 4 is 38.4 Å². The standard InChI is InChI=1S/C29H30OP2/c1-21(2)24-14-6-9-17-27(24)32-29-19-11-10-18-28(29)31-26-16-8-5-13-23(26)20-22-12-4-7-15-25(22)30-3/h4-19,21,31-32H,20H2,1-3H3. The Kier molecular flexibility index (Phi) is 7.75. The van der Waals surface area contributed by atoms with E-state index in [2.05, 4.69) is 98.8 Å². The molecule has 0 saturated heterocycles. The summed E-state index contributed by atoms with van der Waals surface area (Å²) in [6.07, 6.45) is 0.883. The largest absolute Gasteiger partial charge is 0.496 e. The van der Waals surface area contributed by atoms with Crippen LogP contribution >= 0.6 is 17.2 Å². The molecule has 2 atom stereocenters. The van der Waals surface area contributed by atoms with Crippen LogP contribution in [0.15, 0.2) is 97.1 Å². The van der Waals surface area contributed by atoms with Gasteiger partial charge < -0.3 is 4.74 Å². The van der Waals surface area contributed by atoms with E-state index in [4.69, 9.17) is 4.74 Å². The van der Waals surface area contributed by atoms with E-state index < -0.39 is 0 Å². The van der Waals surface area contributed by atoms with Gasteiger partial charge in [0.1, 0.15) is 5.75 Å². The van der Waals surface area contributed by atoms with Gasteiger partial charge in [-0.05, 0) is 49.9 Å². The summed E-state index contributed by atoms with van der Waals surface area (Å²) in [5, 5.41) is 5.76. The van der Waals surface area contributed by atoms with Crippen molar-refractivity contribution in [1.82, 2.24) is 0 Å². The summed E-state index contributed by atoms with van der Waals surface area (Å²) in [7, 11) is 3.06. The van der Waals surface area contributed by atoms with E-state index in [1.54, 1.807) is 7.11 Å². The van der Waals surface area contributed by atoms with Crippen LogP contribution in [0.1, 0.15) is 36.5 Å². The lowest BCUT2D eigenvalue weighted by Gasteiger charge is -2.16. The smallest absolute Gasteiger partial charge is 0.122 e. The Hall–Kier alpha value is -2.46. The van der Waals surface area contributed by atoms with Crippen LogP contribution in [-0.4, -0.2) is 7.11 Å². The fraction of sp³-hybridized carbons (Fsp3) is 0.172. The number of para-hydroxylation sites is 1. The van der Waals surface area contributed by atoms with Crippen LogP contribution < -0.4 is 26.0 Å². The van der Waals surface area contributed by atoms with Crippen molar-refractivity contribution in [2.45, 2.75) is 26.2 Å². The molecule has 0 N–H and O–H groups in total. The molecule has 0 bridgehead atoms. The van der Waals surface area contributed by atoms with Gasteiger partial charge in [0.25, 0.3) is 0 Å². The molecule has 2 unspecified atom stereocenters. The zero-order valence-electron chi connectivity index (χ0n) is 18.9. The third-order valence-electron chi connectivity index (χ3n) is 5.64. The SMILES string of the molecule is COc1ccccc1Cc1ccccc1Pc1ccccc1Pc1ccccc1C(C)C. The van der Waals surface area contributed by atoms with Crippen LogP contribution in [-0.2, 0) is 6.42 Å². The van der Waals surface area contributed by atoms with Gasteiger partial charge in [-0.1, -0.05) is 122 Å². The third-order valence-corrected chi connectivity index (χ3v) is 8.78. The number of benzene rings is 4. The normalized spacial score (nSPS) is 11.8. The molecule has 0 aliphatic carbocycles. The molecular formula is C29H30OP2. The Labute approximate surface area is 195 Å². The summed E-state index contributed by atoms with van der Waals surface area (Å²) in [5.74, 6) is 1.49. The monoisotopic (exact) mass is 456 g/mol. The highest BCUT2D eigenvalue weighted by Crippen LogP contribution is 2.25. The summed E-state index contributed by atoms with van der Waals surface area (Å²) in [6, 6.07) is 35.0. The van der Waals surface area contributed by atoms with Crippen LogP contribution in [0.2, 0.25) is 0 Å². The maximum atomic E-state index is 5.60. The first-order valence-electron chi connectivity index (χ1n) is 11.1. The molecule has 0 heterocycles. The van der Waals surface area contributed by atoms with E-state index in [1.807, 2.05) is 12.1 Å². The first-order chi connectivity index (χ1) is 15.7. The summed E-state index contributed by atoms with van der Waals surface area (Å²) in [5.41, 5.74) is 4.06. The molecule has 0 radical (unpaired) electrons. The van der Waals surface area contributed by atoms with E-state index >= 15 is 0 Å². The molecule has 0 spiro atoms. The van der Waals surface area contributed by atoms with Crippen LogP contribution in [0, 0.1) is 0 Å². The van der Waals surface area contributed by atoms with Crippen LogP contribution in [0.3, 0.4) is 0 Å². The molecule has 0 aliphatic rings. The van der Waals surface area contributed by atoms with E-state index in [9.17, 15) is 0 Å². The van der Waals surface area contributed by atoms with Gasteiger partial charge >= 0.3 is 0 Å². The second kappa shape index (κ2) is 10.9. The van der Waals surface area contributed by atoms with Crippen molar-refractivity contribution < 1.29 is 4.74 Å². The lowest BCUT2D eigenvalue weighted by Crippen LogP contribution is -2.22. The Bertz CT molecular complexity index is 1180. The molecule has 0 aromatic heterocycles. The molecule has 3 heteroatoms. The summed E-state index contributed by atoms with van der Waals surface area (Å²) < 4.78 is 5.60. The molecular weight excluding hydrogens is 426 g/mol. The molecule has 32 heavy (non-hydrogen) atoms. The van der Waals surface area contributed by atoms with Gasteiger partial charge in [0.15, 0.2) is 0 Å². The highest BCUT2D eigenvalue weighted by Gasteiger charge is 2.12. The minimum Gasteiger partial charge on any atom is -0.496 e. The fourth-order valence-corrected chi connectivity index (χ4v) is 6.91. The van der Waals surface area contributed by atoms with Crippen molar-refractivity contribution in [2.75, 3.05) is 7.11 Å². The zero-order valence-corrected chi connectivity index (χ0v) is 20.9. The average Bonchev–Trinajstić information content (AvgIpc) is 2.82. The number of rotatable bonds is 8. The predicted octanol–water partition coefficient (Wildman–Crippen LogP) is 5.67. The van der Waals surface area contributed by atoms with Gasteiger partial charge in [0.2, 0.25) is 0 Å². The van der Waals surface area contributed by atoms with Gasteiger partial charge in [-0.15, -0.1) is 0 Å². The van der Waals surface area contributed by atoms with Crippen molar-refractivity contribution in [2.24, 2.45) is 0 Å². The molecule has 4 rings (SSSR count). The molecule has 0 aliphatic heterocycles. The maximum Gasteiger partial charge on any atom is 0.122 e. The first kappa shape index (κ1) is 22.7. The second-order valence-corrected chi connectivity index (χ2v) is 10.8. The molecule has 4 aromatic carbocycles. The highest BCUT2D eigenvalue weighted by molar-refractivity contribution is 7.62. The number of ether oxygens (including phenoxy) is 1. The lowest BCUT2D eigenvalue weighted by atomic mass is 10.0. The topological polar surface area (TPSA) is 9.23 Å². The van der Waals surface area contributed by atoms with E-state index in [0.29, 0.717) is 23.1 Å². The number of hydrogen-bond acceptors (Lipinski definition) is 1. The summed E-state index contributed by atoms with van der Waals surface area (Å²) in [6.45, 7) is 4.57. The molecule has 4 aromatic rings. The lowest BCUT2D eigenvalue weighted by molar-refractivity contribution is 0.410. The van der Waals surface area contributed by atoms with E-state index in [-0.39, 0.29) is 0 Å². The Morgan fingerprint density at radius 3 is 1.75 bits per heavy atom. The third kappa shape index (κ3) is 5.47. The molecule has 0 saturated carbocycles. The molecule has 0 fully saturated rings. The minimum atomic E-state index is 0.537. The molecule has 0 amide bonds. The van der Waals surface area contributed by atoms with Gasteiger partial charge in [-0.2, -0.15) is 0 Å². The van der Waals surface area contributed by atoms with Crippen molar-refractivity contribution in [3.05, 3.63) is 114 Å². The van der Waals surface area contributed by atoms with Gasteiger partial charge in [0, 0.05) is 6.42 Å². The van der Waals surface area contributed by atoms with Gasteiger partial charge in [0.05, 0.1) is 7.11 Å². The van der Waals surface area contributed by atoms with Crippen molar-refractivity contribution in [1.29, 1.82) is 0 Å². The van der Waals surface area contributed by atoms with Crippen LogP contribution in [0.5, 0.6) is 5.75 Å². The van der Waals surface area contributed by atoms with E-state index in [1.165, 1.54) is 37.9 Å². The Balaban J connectivity index is 1.63. The fourth-order valence-electron chi connectivity index (χ4n) is 3.96. The molecule has 1 nitrogen and oxygen atoms in total. The predicted molar refractivity (Wildman–Crippen MR) is 144 cm³/mol. The quantitative estimate of drug-likeness (QED) is 0.311. The minimum absolute atomic E-state index is 0.537. The van der Waals surface area contributed by atoms with Gasteiger partial charge in [-0.3, -0.25) is 0 Å². The molecule has 162 valence electrons. The average molecular weight is 457 g/mol. The highest BCUT2D eigenvalue weighted by atomic mass is 31.1. The van der Waals surface area contributed by atoms with Crippen molar-refractivity contribution in [3.63, 3.8) is 0 Å². The summed E-state index contributed by atoms with van der Waals surface area (Å²) in [4.78, 5) is 0. The second-order valence-electron chi connectivity index (χ2n) is 8.18. The number of hydrogen-bond donors (Lipinski definition) is 0. The number of methoxy groups -OCH3 is 1. The Morgan fingerprint density at radius 1 is 0.594 bits per heavy atom. The first-order valence-corrected chi connectivity index (χ1v) is 13.1. The maximum absolute atomic E-state index is 5.60. The van der Waals surface area contributed by atoms with E-state index in [0.717, 1.165) is 12.2 Å². The van der Waals surface area contributed by atoms with Crippen LogP contribution in [0.25, 0.3) is 0 Å².